The molecule has 5 nitrogen and oxygen atoms in total. The number of ether oxygens (including phenoxy) is 1. The molecule has 0 spiro atoms. The zero-order valence-corrected chi connectivity index (χ0v) is 15.1. The minimum atomic E-state index is -4.92. The van der Waals surface area contributed by atoms with Crippen molar-refractivity contribution in [2.24, 2.45) is 0 Å². The van der Waals surface area contributed by atoms with Gasteiger partial charge in [-0.3, -0.25) is 4.40 Å². The van der Waals surface area contributed by atoms with Crippen LogP contribution >= 0.6 is 0 Å². The number of benzene rings is 1. The predicted octanol–water partition coefficient (Wildman–Crippen LogP) is 4.88. The van der Waals surface area contributed by atoms with Crippen LogP contribution in [0.2, 0.25) is 0 Å². The molecule has 0 aliphatic rings. The molecule has 11 heteroatoms. The van der Waals surface area contributed by atoms with Gasteiger partial charge in [0.05, 0.1) is 23.0 Å². The Bertz CT molecular complexity index is 964. The SMILES string of the molecule is COCCCNc1nccn2c(-c3cc(C(F)(F)F)cc(C(F)(F)F)c3)cnc12. The molecule has 0 saturated carbocycles. The van der Waals surface area contributed by atoms with Crippen molar-refractivity contribution in [3.63, 3.8) is 0 Å². The smallest absolute Gasteiger partial charge is 0.385 e. The van der Waals surface area contributed by atoms with Gasteiger partial charge in [-0.2, -0.15) is 26.3 Å². The highest BCUT2D eigenvalue weighted by Gasteiger charge is 2.37. The molecule has 0 atom stereocenters. The van der Waals surface area contributed by atoms with Gasteiger partial charge in [0.2, 0.25) is 0 Å². The lowest BCUT2D eigenvalue weighted by Gasteiger charge is -2.14. The molecule has 0 fully saturated rings. The Morgan fingerprint density at radius 3 is 2.24 bits per heavy atom. The largest absolute Gasteiger partial charge is 0.416 e. The number of hydrogen-bond donors (Lipinski definition) is 1. The quantitative estimate of drug-likeness (QED) is 0.458. The number of hydrogen-bond acceptors (Lipinski definition) is 4. The Kier molecular flexibility index (Phi) is 5.69. The fraction of sp³-hybridized carbons (Fsp3) is 0.333. The third kappa shape index (κ3) is 4.61. The monoisotopic (exact) mass is 418 g/mol. The van der Waals surface area contributed by atoms with Crippen molar-refractivity contribution in [3.05, 3.63) is 47.9 Å². The Morgan fingerprint density at radius 1 is 1.00 bits per heavy atom. The zero-order valence-electron chi connectivity index (χ0n) is 15.1. The first-order valence-corrected chi connectivity index (χ1v) is 8.46. The summed E-state index contributed by atoms with van der Waals surface area (Å²) < 4.78 is 85.2. The van der Waals surface area contributed by atoms with Crippen LogP contribution in [0.1, 0.15) is 17.5 Å². The molecule has 0 amide bonds. The van der Waals surface area contributed by atoms with Gasteiger partial charge < -0.3 is 10.1 Å². The number of alkyl halides is 6. The highest BCUT2D eigenvalue weighted by molar-refractivity contribution is 5.71. The van der Waals surface area contributed by atoms with Gasteiger partial charge in [0, 0.05) is 38.2 Å². The lowest BCUT2D eigenvalue weighted by Crippen LogP contribution is -2.11. The number of halogens is 6. The maximum atomic E-state index is 13.1. The summed E-state index contributed by atoms with van der Waals surface area (Å²) in [6.45, 7) is 1.02. The highest BCUT2D eigenvalue weighted by Crippen LogP contribution is 2.38. The highest BCUT2D eigenvalue weighted by atomic mass is 19.4. The molecule has 2 heterocycles. The second kappa shape index (κ2) is 7.90. The Hall–Kier alpha value is -2.82. The molecule has 3 rings (SSSR count). The summed E-state index contributed by atoms with van der Waals surface area (Å²) in [7, 11) is 1.56. The number of aromatic nitrogens is 3. The molecule has 0 unspecified atom stereocenters. The van der Waals surface area contributed by atoms with E-state index >= 15 is 0 Å². The molecule has 2 aromatic heterocycles. The molecule has 0 aliphatic carbocycles. The average Bonchev–Trinajstić information content (AvgIpc) is 3.08. The van der Waals surface area contributed by atoms with E-state index < -0.39 is 23.5 Å². The van der Waals surface area contributed by atoms with Crippen LogP contribution in [0.25, 0.3) is 16.9 Å². The van der Waals surface area contributed by atoms with Crippen LogP contribution in [-0.4, -0.2) is 34.6 Å². The molecule has 1 aromatic carbocycles. The second-order valence-electron chi connectivity index (χ2n) is 6.18. The molecule has 29 heavy (non-hydrogen) atoms. The summed E-state index contributed by atoms with van der Waals surface area (Å²) in [4.78, 5) is 8.25. The fourth-order valence-electron chi connectivity index (χ4n) is 2.78. The van der Waals surface area contributed by atoms with E-state index in [-0.39, 0.29) is 23.0 Å². The topological polar surface area (TPSA) is 51.5 Å². The van der Waals surface area contributed by atoms with Crippen LogP contribution in [0.4, 0.5) is 32.2 Å². The number of methoxy groups -OCH3 is 1. The van der Waals surface area contributed by atoms with Gasteiger partial charge in [0.15, 0.2) is 11.5 Å². The summed E-state index contributed by atoms with van der Waals surface area (Å²) >= 11 is 0. The first kappa shape index (κ1) is 20.9. The minimum Gasteiger partial charge on any atom is -0.385 e. The van der Waals surface area contributed by atoms with E-state index in [2.05, 4.69) is 15.3 Å². The fourth-order valence-corrected chi connectivity index (χ4v) is 2.78. The number of rotatable bonds is 6. The van der Waals surface area contributed by atoms with Crippen LogP contribution < -0.4 is 5.32 Å². The molecule has 3 aromatic rings. The van der Waals surface area contributed by atoms with Gasteiger partial charge in [-0.1, -0.05) is 0 Å². The van der Waals surface area contributed by atoms with Crippen molar-refractivity contribution in [3.8, 4) is 11.3 Å². The summed E-state index contributed by atoms with van der Waals surface area (Å²) in [6, 6.07) is 1.44. The van der Waals surface area contributed by atoms with Crippen LogP contribution in [0.15, 0.2) is 36.8 Å². The lowest BCUT2D eigenvalue weighted by atomic mass is 10.0. The van der Waals surface area contributed by atoms with E-state index in [9.17, 15) is 26.3 Å². The summed E-state index contributed by atoms with van der Waals surface area (Å²) in [5.74, 6) is 0.359. The van der Waals surface area contributed by atoms with Crippen molar-refractivity contribution in [1.29, 1.82) is 0 Å². The summed E-state index contributed by atoms with van der Waals surface area (Å²) in [5.41, 5.74) is -2.66. The predicted molar refractivity (Wildman–Crippen MR) is 93.4 cm³/mol. The molecule has 0 saturated heterocycles. The Balaban J connectivity index is 2.07. The zero-order chi connectivity index (χ0) is 21.2. The molecule has 0 radical (unpaired) electrons. The number of anilines is 1. The van der Waals surface area contributed by atoms with Crippen molar-refractivity contribution in [1.82, 2.24) is 14.4 Å². The van der Waals surface area contributed by atoms with E-state index in [0.717, 1.165) is 0 Å². The van der Waals surface area contributed by atoms with Crippen molar-refractivity contribution >= 4 is 11.5 Å². The first-order chi connectivity index (χ1) is 13.6. The Morgan fingerprint density at radius 2 is 1.66 bits per heavy atom. The molecule has 0 aliphatic heterocycles. The maximum Gasteiger partial charge on any atom is 0.416 e. The van der Waals surface area contributed by atoms with Crippen LogP contribution in [0, 0.1) is 0 Å². The molecular weight excluding hydrogens is 402 g/mol. The maximum absolute atomic E-state index is 13.1. The van der Waals surface area contributed by atoms with Crippen LogP contribution in [0.3, 0.4) is 0 Å². The standard InChI is InChI=1S/C18H16F6N4O/c1-29-6-2-3-25-15-16-27-10-14(28(16)5-4-26-15)11-7-12(17(19,20)21)9-13(8-11)18(22,23)24/h4-5,7-10H,2-3,6H2,1H3,(H,25,26). The van der Waals surface area contributed by atoms with Crippen molar-refractivity contribution < 1.29 is 31.1 Å². The summed E-state index contributed by atoms with van der Waals surface area (Å²) in [5, 5.41) is 3.02. The van der Waals surface area contributed by atoms with E-state index in [1.54, 1.807) is 7.11 Å². The van der Waals surface area contributed by atoms with E-state index in [0.29, 0.717) is 37.5 Å². The van der Waals surface area contributed by atoms with Gasteiger partial charge >= 0.3 is 12.4 Å². The third-order valence-electron chi connectivity index (χ3n) is 4.13. The van der Waals surface area contributed by atoms with Gasteiger partial charge in [-0.05, 0) is 24.6 Å². The van der Waals surface area contributed by atoms with E-state index in [4.69, 9.17) is 4.74 Å². The summed E-state index contributed by atoms with van der Waals surface area (Å²) in [6.07, 6.45) is -5.15. The lowest BCUT2D eigenvalue weighted by molar-refractivity contribution is -0.143. The number of nitrogens with zero attached hydrogens (tertiary/aromatic N) is 3. The normalized spacial score (nSPS) is 12.5. The number of fused-ring (bicyclic) bond motifs is 1. The van der Waals surface area contributed by atoms with Gasteiger partial charge in [0.1, 0.15) is 0 Å². The van der Waals surface area contributed by atoms with Crippen molar-refractivity contribution in [2.75, 3.05) is 25.6 Å². The molecule has 156 valence electrons. The minimum absolute atomic E-state index is 0.0824. The van der Waals surface area contributed by atoms with Crippen LogP contribution in [0.5, 0.6) is 0 Å². The third-order valence-corrected chi connectivity index (χ3v) is 4.13. The first-order valence-electron chi connectivity index (χ1n) is 8.46. The second-order valence-corrected chi connectivity index (χ2v) is 6.18. The van der Waals surface area contributed by atoms with E-state index in [1.165, 1.54) is 23.0 Å². The molecule has 0 bridgehead atoms. The van der Waals surface area contributed by atoms with Gasteiger partial charge in [0.25, 0.3) is 0 Å². The van der Waals surface area contributed by atoms with Gasteiger partial charge in [-0.15, -0.1) is 0 Å². The number of nitrogens with one attached hydrogen (secondary N) is 1. The van der Waals surface area contributed by atoms with Crippen molar-refractivity contribution in [2.45, 2.75) is 18.8 Å². The molecular formula is C18H16F6N4O. The molecule has 1 N–H and O–H groups in total. The van der Waals surface area contributed by atoms with Gasteiger partial charge in [-0.25, -0.2) is 9.97 Å². The van der Waals surface area contributed by atoms with Crippen LogP contribution in [-0.2, 0) is 17.1 Å². The average molecular weight is 418 g/mol. The van der Waals surface area contributed by atoms with E-state index in [1.807, 2.05) is 0 Å². The Labute approximate surface area is 161 Å². The number of imidazole rings is 1.